The SMILES string of the molecule is C.CC(C)(C)OC(=O)NC1(c2ccc(-n3c(-c4cccnc4N)nc4ccc(Cl)nc43)cc2)CCC1.Cc1ccc2nc(-c3cccnc3N)n(-c3ccc(C4(NC(=O)OC(C)(C)C)CCC4)cc3)c2n1. The molecule has 368 valence electrons. The minimum absolute atomic E-state index is 0. The Morgan fingerprint density at radius 1 is 0.592 bits per heavy atom. The molecule has 10 rings (SSSR count). The summed E-state index contributed by atoms with van der Waals surface area (Å²) < 4.78 is 15.0. The van der Waals surface area contributed by atoms with Gasteiger partial charge in [-0.2, -0.15) is 0 Å². The van der Waals surface area contributed by atoms with E-state index in [1.165, 1.54) is 0 Å². The van der Waals surface area contributed by atoms with Crippen molar-refractivity contribution in [1.82, 2.24) is 49.7 Å². The Labute approximate surface area is 418 Å². The van der Waals surface area contributed by atoms with Crippen LogP contribution >= 0.6 is 11.6 Å². The predicted octanol–water partition coefficient (Wildman–Crippen LogP) is 11.5. The highest BCUT2D eigenvalue weighted by molar-refractivity contribution is 6.29. The van der Waals surface area contributed by atoms with Gasteiger partial charge in [-0.3, -0.25) is 9.13 Å². The number of imidazole rings is 2. The number of benzene rings is 2. The van der Waals surface area contributed by atoms with Crippen molar-refractivity contribution >= 4 is 57.8 Å². The lowest BCUT2D eigenvalue weighted by atomic mass is 9.72. The van der Waals surface area contributed by atoms with Gasteiger partial charge in [0.25, 0.3) is 0 Å². The average molecular weight is 978 g/mol. The zero-order valence-electron chi connectivity index (χ0n) is 40.4. The van der Waals surface area contributed by atoms with Crippen molar-refractivity contribution in [3.63, 3.8) is 0 Å². The minimum atomic E-state index is -0.555. The van der Waals surface area contributed by atoms with Crippen molar-refractivity contribution in [3.05, 3.63) is 131 Å². The molecule has 2 amide bonds. The fourth-order valence-corrected chi connectivity index (χ4v) is 9.08. The number of hydrogen-bond donors (Lipinski definition) is 4. The summed E-state index contributed by atoms with van der Waals surface area (Å²) in [7, 11) is 0. The Hall–Kier alpha value is -7.59. The maximum atomic E-state index is 12.5. The van der Waals surface area contributed by atoms with E-state index in [0.717, 1.165) is 83.4 Å². The Morgan fingerprint density at radius 3 is 1.38 bits per heavy atom. The molecule has 2 aromatic carbocycles. The molecule has 0 aliphatic heterocycles. The van der Waals surface area contributed by atoms with Crippen LogP contribution in [0.15, 0.2) is 109 Å². The van der Waals surface area contributed by atoms with E-state index in [1.807, 2.05) is 136 Å². The van der Waals surface area contributed by atoms with Crippen LogP contribution in [0.1, 0.15) is 104 Å². The molecule has 0 atom stereocenters. The predicted molar refractivity (Wildman–Crippen MR) is 279 cm³/mol. The summed E-state index contributed by atoms with van der Waals surface area (Å²) in [5.74, 6) is 2.09. The second-order valence-corrected chi connectivity index (χ2v) is 20.3. The molecule has 16 nitrogen and oxygen atoms in total. The van der Waals surface area contributed by atoms with Crippen LogP contribution in [0, 0.1) is 6.92 Å². The van der Waals surface area contributed by atoms with Gasteiger partial charge in [0.1, 0.15) is 39.0 Å². The van der Waals surface area contributed by atoms with Gasteiger partial charge in [-0.15, -0.1) is 0 Å². The number of aromatic nitrogens is 8. The highest BCUT2D eigenvalue weighted by Crippen LogP contribution is 2.44. The molecule has 6 aromatic heterocycles. The maximum absolute atomic E-state index is 12.5. The standard InChI is InChI=1S/C27H30N6O2.C26H27ClN6O2.CH4/c1-17-8-13-21-24(30-17)33(23(31-21)20-7-5-16-29-22(20)28)19-11-9-18(10-12-19)27(14-6-15-27)32-25(34)35-26(2,3)4;1-25(2,3)35-24(34)32-26(13-5-14-26)16-7-9-17(10-8-16)33-22(18-6-4-15-29-21(18)28)30-19-11-12-20(27)31-23(19)33;/h5,7-13,16H,6,14-15H2,1-4H3,(H2,28,29)(H,32,34);4,6-12,15H,5,13-14H2,1-3H3,(H2,28,29)(H,32,34);1H4. The molecule has 71 heavy (non-hydrogen) atoms. The van der Waals surface area contributed by atoms with Gasteiger partial charge in [-0.25, -0.2) is 39.5 Å². The van der Waals surface area contributed by atoms with Gasteiger partial charge in [0, 0.05) is 29.5 Å². The molecule has 17 heteroatoms. The molecule has 0 bridgehead atoms. The van der Waals surface area contributed by atoms with E-state index in [9.17, 15) is 9.59 Å². The van der Waals surface area contributed by atoms with Crippen molar-refractivity contribution < 1.29 is 19.1 Å². The summed E-state index contributed by atoms with van der Waals surface area (Å²) in [6.45, 7) is 13.1. The number of nitrogens with two attached hydrogens (primary N) is 2. The quantitative estimate of drug-likeness (QED) is 0.105. The van der Waals surface area contributed by atoms with Gasteiger partial charge in [-0.1, -0.05) is 43.3 Å². The van der Waals surface area contributed by atoms with Crippen molar-refractivity contribution in [1.29, 1.82) is 0 Å². The molecule has 0 radical (unpaired) electrons. The molecule has 0 spiro atoms. The van der Waals surface area contributed by atoms with Crippen molar-refractivity contribution in [2.24, 2.45) is 0 Å². The first-order chi connectivity index (χ1) is 33.3. The fraction of sp³-hybridized carbons (Fsp3) is 0.333. The number of ether oxygens (including phenoxy) is 2. The largest absolute Gasteiger partial charge is 0.444 e. The third-order valence-electron chi connectivity index (χ3n) is 12.5. The third-order valence-corrected chi connectivity index (χ3v) is 12.7. The molecule has 8 aromatic rings. The number of alkyl carbamates (subject to hydrolysis) is 2. The number of carbonyl (C=O) groups is 2. The van der Waals surface area contributed by atoms with E-state index < -0.39 is 34.5 Å². The smallest absolute Gasteiger partial charge is 0.408 e. The van der Waals surface area contributed by atoms with Gasteiger partial charge < -0.3 is 31.6 Å². The van der Waals surface area contributed by atoms with Crippen LogP contribution in [0.4, 0.5) is 21.2 Å². The number of aryl methyl sites for hydroxylation is 1. The van der Waals surface area contributed by atoms with E-state index in [2.05, 4.69) is 37.7 Å². The van der Waals surface area contributed by atoms with E-state index in [4.69, 9.17) is 47.5 Å². The third kappa shape index (κ3) is 10.3. The number of amides is 2. The summed E-state index contributed by atoms with van der Waals surface area (Å²) in [5, 5.41) is 6.60. The van der Waals surface area contributed by atoms with E-state index in [-0.39, 0.29) is 7.43 Å². The molecule has 2 aliphatic carbocycles. The average Bonchev–Trinajstić information content (AvgIpc) is 3.84. The van der Waals surface area contributed by atoms with Crippen molar-refractivity contribution in [3.8, 4) is 34.2 Å². The summed E-state index contributed by atoms with van der Waals surface area (Å²) in [4.78, 5) is 52.4. The highest BCUT2D eigenvalue weighted by Gasteiger charge is 2.42. The normalized spacial score (nSPS) is 14.8. The van der Waals surface area contributed by atoms with Crippen LogP contribution in [0.2, 0.25) is 5.15 Å². The summed E-state index contributed by atoms with van der Waals surface area (Å²) in [6.07, 6.45) is 8.06. The molecule has 0 unspecified atom stereocenters. The number of carbonyl (C=O) groups excluding carboxylic acids is 2. The minimum Gasteiger partial charge on any atom is -0.444 e. The second-order valence-electron chi connectivity index (χ2n) is 19.9. The molecule has 0 saturated heterocycles. The van der Waals surface area contributed by atoms with Gasteiger partial charge in [0.05, 0.1) is 22.2 Å². The molecule has 6 heterocycles. The second kappa shape index (κ2) is 19.3. The summed E-state index contributed by atoms with van der Waals surface area (Å²) in [5.41, 5.74) is 19.5. The zero-order chi connectivity index (χ0) is 49.6. The molecule has 2 fully saturated rings. The Bertz CT molecular complexity index is 3020. The van der Waals surface area contributed by atoms with Crippen LogP contribution < -0.4 is 22.1 Å². The lowest BCUT2D eigenvalue weighted by molar-refractivity contribution is 0.0365. The Morgan fingerprint density at radius 2 is 1.00 bits per heavy atom. The van der Waals surface area contributed by atoms with Gasteiger partial charge in [-0.05, 0) is 171 Å². The Balaban J connectivity index is 0.000000188. The van der Waals surface area contributed by atoms with Crippen molar-refractivity contribution in [2.75, 3.05) is 11.5 Å². The first-order valence-electron chi connectivity index (χ1n) is 23.4. The van der Waals surface area contributed by atoms with Crippen LogP contribution in [0.3, 0.4) is 0 Å². The first-order valence-corrected chi connectivity index (χ1v) is 23.8. The molecule has 2 saturated carbocycles. The lowest BCUT2D eigenvalue weighted by Gasteiger charge is -2.43. The van der Waals surface area contributed by atoms with Gasteiger partial charge in [0.2, 0.25) is 0 Å². The molecule has 2 aliphatic rings. The summed E-state index contributed by atoms with van der Waals surface area (Å²) in [6, 6.07) is 31.1. The van der Waals surface area contributed by atoms with Crippen LogP contribution in [-0.2, 0) is 20.6 Å². The van der Waals surface area contributed by atoms with E-state index >= 15 is 0 Å². The number of hydrogen-bond acceptors (Lipinski definition) is 12. The number of rotatable bonds is 8. The van der Waals surface area contributed by atoms with E-state index in [0.29, 0.717) is 45.2 Å². The van der Waals surface area contributed by atoms with Crippen LogP contribution in [0.25, 0.3) is 56.5 Å². The number of nitrogen functional groups attached to an aromatic ring is 2. The molecule has 6 N–H and O–H groups in total. The maximum Gasteiger partial charge on any atom is 0.408 e. The van der Waals surface area contributed by atoms with Crippen LogP contribution in [-0.4, -0.2) is 62.4 Å². The number of pyridine rings is 4. The van der Waals surface area contributed by atoms with E-state index in [1.54, 1.807) is 18.5 Å². The molecular formula is C54H61ClN12O4. The monoisotopic (exact) mass is 976 g/mol. The first kappa shape index (κ1) is 49.8. The summed E-state index contributed by atoms with van der Waals surface area (Å²) >= 11 is 6.23. The topological polar surface area (TPSA) is 216 Å². The number of halogens is 1. The number of fused-ring (bicyclic) bond motifs is 2. The number of nitrogens with one attached hydrogen (secondary N) is 2. The fourth-order valence-electron chi connectivity index (χ4n) is 8.94. The Kier molecular flexibility index (Phi) is 13.5. The van der Waals surface area contributed by atoms with Gasteiger partial charge in [0.15, 0.2) is 22.9 Å². The molecular weight excluding hydrogens is 916 g/mol. The highest BCUT2D eigenvalue weighted by atomic mass is 35.5. The van der Waals surface area contributed by atoms with Crippen molar-refractivity contribution in [2.45, 2.75) is 117 Å². The lowest BCUT2D eigenvalue weighted by Crippen LogP contribution is -2.52. The zero-order valence-corrected chi connectivity index (χ0v) is 41.1. The number of anilines is 2. The van der Waals surface area contributed by atoms with Gasteiger partial charge >= 0.3 is 12.2 Å². The number of nitrogens with zero attached hydrogens (tertiary/aromatic N) is 8. The van der Waals surface area contributed by atoms with Crippen LogP contribution in [0.5, 0.6) is 0 Å².